The van der Waals surface area contributed by atoms with Gasteiger partial charge in [0.05, 0.1) is 0 Å². The van der Waals surface area contributed by atoms with E-state index in [9.17, 15) is 18.7 Å². The molecule has 4 aliphatic carbocycles. The van der Waals surface area contributed by atoms with Gasteiger partial charge in [-0.05, 0) is 110 Å². The Balaban J connectivity index is 1.44. The highest BCUT2D eigenvalue weighted by Gasteiger charge is 2.66. The summed E-state index contributed by atoms with van der Waals surface area (Å²) in [5.41, 5.74) is 1.79. The molecule has 204 valence electrons. The number of rotatable bonds is 2. The maximum absolute atomic E-state index is 13.8. The first kappa shape index (κ1) is 26.1. The molecule has 5 heteroatoms. The van der Waals surface area contributed by atoms with Gasteiger partial charge in [0.25, 0.3) is 0 Å². The normalized spacial score (nSPS) is 40.5. The van der Waals surface area contributed by atoms with E-state index in [0.717, 1.165) is 52.1 Å². The lowest BCUT2D eigenvalue weighted by atomic mass is 9.43. The van der Waals surface area contributed by atoms with Crippen LogP contribution in [-0.4, -0.2) is 35.5 Å². The fourth-order valence-electron chi connectivity index (χ4n) is 9.40. The van der Waals surface area contributed by atoms with Crippen molar-refractivity contribution in [2.24, 2.45) is 28.6 Å². The SMILES string of the molecule is CC(F)(F)C#C[C@]1(O)CC[C@H]2[C@@H]3CCC4=CC(=O)CC[C@]4(C)[C@H]3[C@@H](c3ccc(N4CCCC4)cc3)C[C@@]21C. The number of allylic oxidation sites excluding steroid dienone is 1. The average molecular weight is 522 g/mol. The van der Waals surface area contributed by atoms with Crippen molar-refractivity contribution in [3.8, 4) is 11.8 Å². The number of fused-ring (bicyclic) bond motifs is 5. The Hall–Kier alpha value is -2.19. The zero-order chi connectivity index (χ0) is 26.9. The maximum atomic E-state index is 13.8. The van der Waals surface area contributed by atoms with Gasteiger partial charge in [-0.1, -0.05) is 37.5 Å². The number of hydrogen-bond donors (Lipinski definition) is 1. The van der Waals surface area contributed by atoms with Gasteiger partial charge in [-0.3, -0.25) is 4.79 Å². The summed E-state index contributed by atoms with van der Waals surface area (Å²) in [4.78, 5) is 14.9. The van der Waals surface area contributed by atoms with Crippen molar-refractivity contribution in [3.63, 3.8) is 0 Å². The highest BCUT2D eigenvalue weighted by molar-refractivity contribution is 5.91. The molecule has 0 bridgehead atoms. The fourth-order valence-corrected chi connectivity index (χ4v) is 9.40. The lowest BCUT2D eigenvalue weighted by molar-refractivity contribution is -0.122. The Bertz CT molecular complexity index is 1200. The van der Waals surface area contributed by atoms with E-state index in [0.29, 0.717) is 24.7 Å². The van der Waals surface area contributed by atoms with Crippen LogP contribution in [0.2, 0.25) is 0 Å². The second-order valence-corrected chi connectivity index (χ2v) is 13.4. The fraction of sp³-hybridized carbons (Fsp3) is 0.667. The van der Waals surface area contributed by atoms with E-state index in [2.05, 4.69) is 54.9 Å². The minimum absolute atomic E-state index is 0.0563. The molecule has 1 aromatic rings. The van der Waals surface area contributed by atoms with Crippen molar-refractivity contribution in [3.05, 3.63) is 41.5 Å². The van der Waals surface area contributed by atoms with Gasteiger partial charge in [0.1, 0.15) is 5.60 Å². The molecule has 1 aromatic carbocycles. The molecule has 1 heterocycles. The molecule has 1 N–H and O–H groups in total. The van der Waals surface area contributed by atoms with Crippen LogP contribution < -0.4 is 4.90 Å². The summed E-state index contributed by atoms with van der Waals surface area (Å²) in [6.07, 6.45) is 9.73. The van der Waals surface area contributed by atoms with Crippen molar-refractivity contribution >= 4 is 11.5 Å². The topological polar surface area (TPSA) is 40.5 Å². The van der Waals surface area contributed by atoms with Crippen LogP contribution in [0.15, 0.2) is 35.9 Å². The van der Waals surface area contributed by atoms with Gasteiger partial charge < -0.3 is 10.0 Å². The van der Waals surface area contributed by atoms with E-state index in [-0.39, 0.29) is 23.0 Å². The number of nitrogens with zero attached hydrogens (tertiary/aromatic N) is 1. The number of hydrogen-bond acceptors (Lipinski definition) is 3. The molecule has 7 atom stereocenters. The Morgan fingerprint density at radius 3 is 2.45 bits per heavy atom. The second kappa shape index (κ2) is 8.91. The number of halogens is 2. The highest BCUT2D eigenvalue weighted by Crippen LogP contribution is 2.70. The number of carbonyl (C=O) groups is 1. The molecule has 38 heavy (non-hydrogen) atoms. The van der Waals surface area contributed by atoms with Crippen LogP contribution >= 0.6 is 0 Å². The van der Waals surface area contributed by atoms with Gasteiger partial charge in [-0.2, -0.15) is 8.78 Å². The van der Waals surface area contributed by atoms with Crippen LogP contribution in [0.25, 0.3) is 0 Å². The number of ketones is 1. The summed E-state index contributed by atoms with van der Waals surface area (Å²) in [6, 6.07) is 9.03. The highest BCUT2D eigenvalue weighted by atomic mass is 19.3. The maximum Gasteiger partial charge on any atom is 0.305 e. The van der Waals surface area contributed by atoms with E-state index >= 15 is 0 Å². The van der Waals surface area contributed by atoms with Crippen LogP contribution in [0.1, 0.15) is 90.0 Å². The molecule has 3 saturated carbocycles. The number of anilines is 1. The summed E-state index contributed by atoms with van der Waals surface area (Å²) in [7, 11) is 0. The molecular weight excluding hydrogens is 480 g/mol. The molecule has 0 amide bonds. The molecule has 0 radical (unpaired) electrons. The zero-order valence-electron chi connectivity index (χ0n) is 23.0. The van der Waals surface area contributed by atoms with E-state index < -0.39 is 16.9 Å². The molecular formula is C33H41F2NO2. The zero-order valence-corrected chi connectivity index (χ0v) is 23.0. The number of benzene rings is 1. The van der Waals surface area contributed by atoms with Crippen molar-refractivity contribution in [1.29, 1.82) is 0 Å². The monoisotopic (exact) mass is 521 g/mol. The quantitative estimate of drug-likeness (QED) is 0.430. The molecule has 0 aromatic heterocycles. The average Bonchev–Trinajstić information content (AvgIpc) is 3.50. The molecule has 1 saturated heterocycles. The van der Waals surface area contributed by atoms with Crippen LogP contribution in [0.5, 0.6) is 0 Å². The number of carbonyl (C=O) groups excluding carboxylic acids is 1. The molecule has 4 fully saturated rings. The van der Waals surface area contributed by atoms with Gasteiger partial charge in [-0.15, -0.1) is 0 Å². The largest absolute Gasteiger partial charge is 0.377 e. The summed E-state index contributed by atoms with van der Waals surface area (Å²) in [5, 5.41) is 11.9. The van der Waals surface area contributed by atoms with Crippen molar-refractivity contribution in [2.45, 2.75) is 96.0 Å². The lowest BCUT2D eigenvalue weighted by Gasteiger charge is -2.61. The van der Waals surface area contributed by atoms with Gasteiger partial charge in [0.2, 0.25) is 0 Å². The predicted molar refractivity (Wildman–Crippen MR) is 146 cm³/mol. The first-order valence-electron chi connectivity index (χ1n) is 14.7. The number of aliphatic hydroxyl groups is 1. The van der Waals surface area contributed by atoms with E-state index in [1.165, 1.54) is 29.7 Å². The summed E-state index contributed by atoms with van der Waals surface area (Å²) < 4.78 is 27.6. The summed E-state index contributed by atoms with van der Waals surface area (Å²) in [6.45, 7) is 7.49. The standard InChI is InChI=1S/C33H41F2NO2/c1-30-14-12-25(37)20-23(30)8-11-26-28-13-15-33(38,17-16-32(3,34)35)31(28,2)21-27(29(26)30)22-6-9-24(10-7-22)36-18-4-5-19-36/h6-7,9-10,20,26-29,38H,4-5,8,11-15,18-19,21H2,1-3H3/t26-,27+,28-,29+,30-,31-,33+/m0/s1. The lowest BCUT2D eigenvalue weighted by Crippen LogP contribution is -2.57. The van der Waals surface area contributed by atoms with E-state index in [1.54, 1.807) is 0 Å². The molecule has 6 rings (SSSR count). The third-order valence-corrected chi connectivity index (χ3v) is 11.4. The Labute approximate surface area is 226 Å². The van der Waals surface area contributed by atoms with Crippen LogP contribution in [-0.2, 0) is 4.79 Å². The van der Waals surface area contributed by atoms with Crippen LogP contribution in [0.3, 0.4) is 0 Å². The summed E-state index contributed by atoms with van der Waals surface area (Å²) >= 11 is 0. The van der Waals surface area contributed by atoms with Gasteiger partial charge >= 0.3 is 5.92 Å². The van der Waals surface area contributed by atoms with Crippen molar-refractivity contribution in [1.82, 2.24) is 0 Å². The molecule has 0 spiro atoms. The van der Waals surface area contributed by atoms with Gasteiger partial charge in [0.15, 0.2) is 5.78 Å². The van der Waals surface area contributed by atoms with Crippen LogP contribution in [0.4, 0.5) is 14.5 Å². The summed E-state index contributed by atoms with van der Waals surface area (Å²) in [5.74, 6) is 3.06. The van der Waals surface area contributed by atoms with Crippen molar-refractivity contribution < 1.29 is 18.7 Å². The Morgan fingerprint density at radius 1 is 1.05 bits per heavy atom. The van der Waals surface area contributed by atoms with Gasteiger partial charge in [0, 0.05) is 37.5 Å². The second-order valence-electron chi connectivity index (χ2n) is 13.4. The van der Waals surface area contributed by atoms with Crippen LogP contribution in [0, 0.1) is 40.4 Å². The Morgan fingerprint density at radius 2 is 1.76 bits per heavy atom. The molecule has 0 unspecified atom stereocenters. The van der Waals surface area contributed by atoms with Crippen molar-refractivity contribution in [2.75, 3.05) is 18.0 Å². The van der Waals surface area contributed by atoms with E-state index in [4.69, 9.17) is 0 Å². The van der Waals surface area contributed by atoms with E-state index in [1.807, 2.05) is 6.08 Å². The third kappa shape index (κ3) is 4.05. The first-order chi connectivity index (χ1) is 17.9. The van der Waals surface area contributed by atoms with Gasteiger partial charge in [-0.25, -0.2) is 0 Å². The minimum atomic E-state index is -3.13. The predicted octanol–water partition coefficient (Wildman–Crippen LogP) is 6.90. The first-order valence-corrected chi connectivity index (χ1v) is 14.7. The minimum Gasteiger partial charge on any atom is -0.377 e. The third-order valence-electron chi connectivity index (χ3n) is 11.4. The Kier molecular flexibility index (Phi) is 6.11. The molecule has 3 nitrogen and oxygen atoms in total. The molecule has 1 aliphatic heterocycles. The molecule has 5 aliphatic rings. The smallest absolute Gasteiger partial charge is 0.305 e. The number of alkyl halides is 2.